The van der Waals surface area contributed by atoms with Crippen molar-refractivity contribution >= 4 is 11.6 Å². The zero-order valence-electron chi connectivity index (χ0n) is 6.64. The number of nitrogens with zero attached hydrogens (tertiary/aromatic N) is 1. The number of methoxy groups -OCH3 is 1. The van der Waals surface area contributed by atoms with Gasteiger partial charge >= 0.3 is 0 Å². The fourth-order valence-electron chi connectivity index (χ4n) is 0.851. The first-order valence-electron chi connectivity index (χ1n) is 3.26. The Hall–Kier alpha value is -1.47. The van der Waals surface area contributed by atoms with E-state index in [1.165, 1.54) is 13.2 Å². The predicted octanol–water partition coefficient (Wildman–Crippen LogP) is 2.06. The van der Waals surface area contributed by atoms with E-state index >= 15 is 0 Å². The third kappa shape index (κ3) is 1.51. The number of nitriles is 1. The summed E-state index contributed by atoms with van der Waals surface area (Å²) in [6.07, 6.45) is 0. The fourth-order valence-corrected chi connectivity index (χ4v) is 1.04. The quantitative estimate of drug-likeness (QED) is 0.757. The molecule has 0 unspecified atom stereocenters. The number of rotatable bonds is 1. The lowest BCUT2D eigenvalue weighted by Gasteiger charge is -2.05. The number of halogens is 2. The van der Waals surface area contributed by atoms with E-state index < -0.39 is 17.1 Å². The van der Waals surface area contributed by atoms with Gasteiger partial charge in [-0.1, -0.05) is 11.6 Å². The molecule has 13 heavy (non-hydrogen) atoms. The monoisotopic (exact) mass is 201 g/mol. The number of phenolic OH excluding ortho intramolecular Hbond substituents is 1. The Morgan fingerprint density at radius 2 is 2.31 bits per heavy atom. The smallest absolute Gasteiger partial charge is 0.178 e. The average molecular weight is 202 g/mol. The number of hydrogen-bond donors (Lipinski definition) is 1. The van der Waals surface area contributed by atoms with Crippen molar-refractivity contribution in [3.63, 3.8) is 0 Å². The zero-order valence-corrected chi connectivity index (χ0v) is 7.39. The molecular formula is C8H5ClFNO2. The third-order valence-electron chi connectivity index (χ3n) is 1.49. The Labute approximate surface area is 78.9 Å². The highest BCUT2D eigenvalue weighted by Crippen LogP contribution is 2.35. The summed E-state index contributed by atoms with van der Waals surface area (Å²) in [4.78, 5) is 0. The first-order valence-corrected chi connectivity index (χ1v) is 3.64. The molecule has 0 spiro atoms. The second-order valence-corrected chi connectivity index (χ2v) is 2.62. The van der Waals surface area contributed by atoms with Crippen LogP contribution in [0.1, 0.15) is 5.56 Å². The van der Waals surface area contributed by atoms with Gasteiger partial charge in [0.1, 0.15) is 11.6 Å². The van der Waals surface area contributed by atoms with Crippen LogP contribution in [0.5, 0.6) is 11.5 Å². The maximum atomic E-state index is 13.0. The number of benzene rings is 1. The Morgan fingerprint density at radius 1 is 1.69 bits per heavy atom. The number of hydrogen-bond acceptors (Lipinski definition) is 3. The summed E-state index contributed by atoms with van der Waals surface area (Å²) >= 11 is 5.43. The van der Waals surface area contributed by atoms with Crippen LogP contribution in [0.15, 0.2) is 6.07 Å². The molecular weight excluding hydrogens is 197 g/mol. The van der Waals surface area contributed by atoms with Gasteiger partial charge < -0.3 is 9.84 Å². The van der Waals surface area contributed by atoms with E-state index in [1.54, 1.807) is 0 Å². The second kappa shape index (κ2) is 3.50. The van der Waals surface area contributed by atoms with Gasteiger partial charge in [0.2, 0.25) is 0 Å². The van der Waals surface area contributed by atoms with Crippen LogP contribution in [0.3, 0.4) is 0 Å². The largest absolute Gasteiger partial charge is 0.503 e. The molecule has 0 radical (unpaired) electrons. The first-order chi connectivity index (χ1) is 6.11. The van der Waals surface area contributed by atoms with E-state index in [1.807, 2.05) is 0 Å². The van der Waals surface area contributed by atoms with E-state index in [0.29, 0.717) is 0 Å². The molecule has 68 valence electrons. The van der Waals surface area contributed by atoms with E-state index in [4.69, 9.17) is 16.9 Å². The molecule has 0 aliphatic carbocycles. The van der Waals surface area contributed by atoms with Crippen molar-refractivity contribution in [2.24, 2.45) is 0 Å². The van der Waals surface area contributed by atoms with Gasteiger partial charge in [0.25, 0.3) is 0 Å². The highest BCUT2D eigenvalue weighted by atomic mass is 35.5. The van der Waals surface area contributed by atoms with Gasteiger partial charge in [-0.3, -0.25) is 0 Å². The molecule has 5 heteroatoms. The second-order valence-electron chi connectivity index (χ2n) is 2.21. The zero-order chi connectivity index (χ0) is 10.0. The van der Waals surface area contributed by atoms with Crippen LogP contribution >= 0.6 is 11.6 Å². The van der Waals surface area contributed by atoms with Crippen molar-refractivity contribution in [2.75, 3.05) is 7.11 Å². The first kappa shape index (κ1) is 9.62. The van der Waals surface area contributed by atoms with Gasteiger partial charge in [-0.05, 0) is 0 Å². The van der Waals surface area contributed by atoms with Crippen LogP contribution in [0.25, 0.3) is 0 Å². The molecule has 0 aliphatic rings. The molecule has 0 aromatic heterocycles. The standard InChI is InChI=1S/C8H5ClFNO2/c1-13-6-2-5(9)7(10)4(3-11)8(6)12/h2,12H,1H3. The summed E-state index contributed by atoms with van der Waals surface area (Å²) in [7, 11) is 1.28. The lowest BCUT2D eigenvalue weighted by atomic mass is 10.2. The Balaban J connectivity index is 3.50. The van der Waals surface area contributed by atoms with Gasteiger partial charge in [0.05, 0.1) is 12.1 Å². The van der Waals surface area contributed by atoms with Gasteiger partial charge in [-0.2, -0.15) is 5.26 Å². The molecule has 3 nitrogen and oxygen atoms in total. The van der Waals surface area contributed by atoms with E-state index in [-0.39, 0.29) is 10.8 Å². The fraction of sp³-hybridized carbons (Fsp3) is 0.125. The lowest BCUT2D eigenvalue weighted by molar-refractivity contribution is 0.370. The minimum absolute atomic E-state index is 0.0250. The van der Waals surface area contributed by atoms with Crippen LogP contribution in [-0.4, -0.2) is 12.2 Å². The lowest BCUT2D eigenvalue weighted by Crippen LogP contribution is -1.91. The molecule has 0 saturated carbocycles. The molecule has 0 fully saturated rings. The minimum Gasteiger partial charge on any atom is -0.503 e. The highest BCUT2D eigenvalue weighted by Gasteiger charge is 2.16. The topological polar surface area (TPSA) is 53.2 Å². The Kier molecular flexibility index (Phi) is 2.59. The molecule has 0 aliphatic heterocycles. The van der Waals surface area contributed by atoms with Crippen LogP contribution in [0, 0.1) is 17.1 Å². The minimum atomic E-state index is -0.942. The molecule has 0 atom stereocenters. The number of aromatic hydroxyl groups is 1. The SMILES string of the molecule is COc1cc(Cl)c(F)c(C#N)c1O. The van der Waals surface area contributed by atoms with E-state index in [9.17, 15) is 9.50 Å². The Morgan fingerprint density at radius 3 is 2.77 bits per heavy atom. The summed E-state index contributed by atoms with van der Waals surface area (Å²) in [5.74, 6) is -1.50. The summed E-state index contributed by atoms with van der Waals surface area (Å²) < 4.78 is 17.7. The van der Waals surface area contributed by atoms with Gasteiger partial charge in [-0.25, -0.2) is 4.39 Å². The van der Waals surface area contributed by atoms with Crippen LogP contribution in [0.4, 0.5) is 4.39 Å². The molecule has 0 bridgehead atoms. The van der Waals surface area contributed by atoms with Crippen molar-refractivity contribution < 1.29 is 14.2 Å². The maximum Gasteiger partial charge on any atom is 0.178 e. The normalized spacial score (nSPS) is 9.38. The van der Waals surface area contributed by atoms with Crippen LogP contribution < -0.4 is 4.74 Å². The molecule has 1 aromatic rings. The molecule has 1 aromatic carbocycles. The Bertz CT molecular complexity index is 387. The van der Waals surface area contributed by atoms with Crippen molar-refractivity contribution in [3.05, 3.63) is 22.5 Å². The average Bonchev–Trinajstić information content (AvgIpc) is 2.12. The molecule has 0 heterocycles. The van der Waals surface area contributed by atoms with Gasteiger partial charge in [0.15, 0.2) is 17.3 Å². The van der Waals surface area contributed by atoms with E-state index in [2.05, 4.69) is 4.74 Å². The van der Waals surface area contributed by atoms with Crippen molar-refractivity contribution in [2.45, 2.75) is 0 Å². The predicted molar refractivity (Wildman–Crippen MR) is 44.3 cm³/mol. The van der Waals surface area contributed by atoms with Gasteiger partial charge in [0, 0.05) is 6.07 Å². The summed E-state index contributed by atoms with van der Waals surface area (Å²) in [6.45, 7) is 0. The summed E-state index contributed by atoms with van der Waals surface area (Å²) in [6, 6.07) is 2.59. The summed E-state index contributed by atoms with van der Waals surface area (Å²) in [5, 5.41) is 17.5. The number of ether oxygens (including phenoxy) is 1. The molecule has 1 rings (SSSR count). The molecule has 0 saturated heterocycles. The molecule has 1 N–H and O–H groups in total. The van der Waals surface area contributed by atoms with Gasteiger partial charge in [-0.15, -0.1) is 0 Å². The maximum absolute atomic E-state index is 13.0. The molecule has 0 amide bonds. The van der Waals surface area contributed by atoms with Crippen LogP contribution in [-0.2, 0) is 0 Å². The highest BCUT2D eigenvalue weighted by molar-refractivity contribution is 6.31. The van der Waals surface area contributed by atoms with Crippen molar-refractivity contribution in [1.29, 1.82) is 5.26 Å². The van der Waals surface area contributed by atoms with Crippen molar-refractivity contribution in [1.82, 2.24) is 0 Å². The van der Waals surface area contributed by atoms with E-state index in [0.717, 1.165) is 6.07 Å². The number of phenols is 1. The van der Waals surface area contributed by atoms with Crippen molar-refractivity contribution in [3.8, 4) is 17.6 Å². The summed E-state index contributed by atoms with van der Waals surface area (Å²) in [5.41, 5.74) is -0.510. The van der Waals surface area contributed by atoms with Crippen LogP contribution in [0.2, 0.25) is 5.02 Å². The third-order valence-corrected chi connectivity index (χ3v) is 1.76.